The Hall–Kier alpha value is -0.990. The average molecular weight is 327 g/mol. The van der Waals surface area contributed by atoms with E-state index in [1.807, 2.05) is 0 Å². The highest BCUT2D eigenvalue weighted by molar-refractivity contribution is 7.90. The smallest absolute Gasteiger partial charge is 0.252 e. The summed E-state index contributed by atoms with van der Waals surface area (Å²) in [7, 11) is -3.10. The summed E-state index contributed by atoms with van der Waals surface area (Å²) in [4.78, 5) is 4.33. The van der Waals surface area contributed by atoms with Gasteiger partial charge in [0.25, 0.3) is 5.89 Å². The van der Waals surface area contributed by atoms with Crippen molar-refractivity contribution < 1.29 is 17.7 Å². The molecule has 2 saturated carbocycles. The van der Waals surface area contributed by atoms with Gasteiger partial charge in [0, 0.05) is 19.0 Å². The summed E-state index contributed by atoms with van der Waals surface area (Å²) in [6.45, 7) is 1.33. The minimum absolute atomic E-state index is 0.0847. The van der Waals surface area contributed by atoms with Gasteiger partial charge in [-0.3, -0.25) is 0 Å². The summed E-state index contributed by atoms with van der Waals surface area (Å²) in [5.41, 5.74) is 0. The zero-order chi connectivity index (χ0) is 15.2. The molecule has 0 amide bonds. The summed E-state index contributed by atoms with van der Waals surface area (Å²) in [5.74, 6) is 1.73. The third kappa shape index (κ3) is 3.04. The normalized spacial score (nSPS) is 27.2. The van der Waals surface area contributed by atoms with Crippen LogP contribution < -0.4 is 0 Å². The fraction of sp³-hybridized carbons (Fsp3) is 0.857. The first-order valence-electron chi connectivity index (χ1n) is 8.06. The monoisotopic (exact) mass is 327 g/mol. The van der Waals surface area contributed by atoms with E-state index in [4.69, 9.17) is 9.26 Å². The van der Waals surface area contributed by atoms with Crippen LogP contribution in [0.1, 0.15) is 56.2 Å². The van der Waals surface area contributed by atoms with Crippen LogP contribution in [0.4, 0.5) is 0 Å². The average Bonchev–Trinajstić information content (AvgIpc) is 3.43. The molecule has 1 aliphatic heterocycles. The molecular weight excluding hydrogens is 306 g/mol. The first-order valence-corrected chi connectivity index (χ1v) is 9.56. The number of aromatic nitrogens is 2. The summed E-state index contributed by atoms with van der Waals surface area (Å²) >= 11 is 0. The summed E-state index contributed by atoms with van der Waals surface area (Å²) in [5, 5.41) is 3.81. The molecule has 2 aliphatic carbocycles. The Morgan fingerprint density at radius 3 is 2.77 bits per heavy atom. The zero-order valence-corrected chi connectivity index (χ0v) is 13.3. The molecule has 0 aromatic carbocycles. The molecule has 0 spiro atoms. The number of hydrogen-bond donors (Lipinski definition) is 0. The van der Waals surface area contributed by atoms with Crippen molar-refractivity contribution in [2.24, 2.45) is 0 Å². The van der Waals surface area contributed by atoms with Crippen LogP contribution >= 0.6 is 0 Å². The predicted molar refractivity (Wildman–Crippen MR) is 77.6 cm³/mol. The van der Waals surface area contributed by atoms with Crippen molar-refractivity contribution in [2.75, 3.05) is 13.1 Å². The second-order valence-corrected chi connectivity index (χ2v) is 8.71. The number of ether oxygens (including phenoxy) is 1. The second kappa shape index (κ2) is 5.58. The van der Waals surface area contributed by atoms with E-state index in [1.54, 1.807) is 4.31 Å². The summed E-state index contributed by atoms with van der Waals surface area (Å²) < 4.78 is 37.2. The Morgan fingerprint density at radius 1 is 1.23 bits per heavy atom. The van der Waals surface area contributed by atoms with Gasteiger partial charge in [-0.25, -0.2) is 8.42 Å². The zero-order valence-electron chi connectivity index (χ0n) is 12.5. The van der Waals surface area contributed by atoms with Crippen LogP contribution in [-0.4, -0.2) is 47.3 Å². The molecule has 0 N–H and O–H groups in total. The van der Waals surface area contributed by atoms with Crippen molar-refractivity contribution in [1.82, 2.24) is 14.4 Å². The highest BCUT2D eigenvalue weighted by Crippen LogP contribution is 2.38. The van der Waals surface area contributed by atoms with Crippen LogP contribution in [-0.2, 0) is 21.4 Å². The van der Waals surface area contributed by atoms with E-state index in [0.29, 0.717) is 24.9 Å². The molecule has 3 fully saturated rings. The summed E-state index contributed by atoms with van der Waals surface area (Å²) in [6, 6.07) is 0. The molecular formula is C14H21N3O4S. The Morgan fingerprint density at radius 2 is 2.05 bits per heavy atom. The van der Waals surface area contributed by atoms with Crippen molar-refractivity contribution in [1.29, 1.82) is 0 Å². The lowest BCUT2D eigenvalue weighted by atomic mass is 10.1. The van der Waals surface area contributed by atoms with Crippen molar-refractivity contribution in [3.8, 4) is 0 Å². The topological polar surface area (TPSA) is 85.5 Å². The van der Waals surface area contributed by atoms with Gasteiger partial charge in [0.2, 0.25) is 10.0 Å². The second-order valence-electron chi connectivity index (χ2n) is 6.50. The quantitative estimate of drug-likeness (QED) is 0.785. The Kier molecular flexibility index (Phi) is 3.70. The van der Waals surface area contributed by atoms with E-state index in [-0.39, 0.29) is 18.0 Å². The van der Waals surface area contributed by atoms with Crippen molar-refractivity contribution in [3.05, 3.63) is 11.7 Å². The SMILES string of the molecule is O=S(=O)(C1CC1)N1CCC[C@@H](OCc2nc(C3CC3)no2)C1. The molecule has 22 heavy (non-hydrogen) atoms. The number of piperidine rings is 1. The molecule has 1 saturated heterocycles. The van der Waals surface area contributed by atoms with Crippen LogP contribution in [0.2, 0.25) is 0 Å². The van der Waals surface area contributed by atoms with E-state index in [1.165, 1.54) is 0 Å². The number of rotatable bonds is 6. The lowest BCUT2D eigenvalue weighted by molar-refractivity contribution is -0.00298. The molecule has 7 nitrogen and oxygen atoms in total. The van der Waals surface area contributed by atoms with E-state index in [9.17, 15) is 8.42 Å². The molecule has 2 heterocycles. The Bertz CT molecular complexity index is 636. The van der Waals surface area contributed by atoms with Gasteiger partial charge in [0.05, 0.1) is 11.4 Å². The highest BCUT2D eigenvalue weighted by atomic mass is 32.2. The van der Waals surface area contributed by atoms with Crippen molar-refractivity contribution in [2.45, 2.75) is 62.4 Å². The van der Waals surface area contributed by atoms with Gasteiger partial charge < -0.3 is 9.26 Å². The van der Waals surface area contributed by atoms with Gasteiger partial charge >= 0.3 is 0 Å². The standard InChI is InChI=1S/C14H21N3O4S/c18-22(19,12-5-6-12)17-7-1-2-11(8-17)20-9-13-15-14(16-21-13)10-3-4-10/h10-12H,1-9H2/t11-/m1/s1. The van der Waals surface area contributed by atoms with Crippen LogP contribution in [0.15, 0.2) is 4.52 Å². The first-order chi connectivity index (χ1) is 10.6. The first kappa shape index (κ1) is 14.6. The molecule has 1 aromatic rings. The van der Waals surface area contributed by atoms with Gasteiger partial charge in [0.1, 0.15) is 6.61 Å². The van der Waals surface area contributed by atoms with Crippen LogP contribution in [0.5, 0.6) is 0 Å². The minimum Gasteiger partial charge on any atom is -0.367 e. The lowest BCUT2D eigenvalue weighted by Gasteiger charge is -2.31. The molecule has 1 atom stereocenters. The number of sulfonamides is 1. The van der Waals surface area contributed by atoms with E-state index >= 15 is 0 Å². The molecule has 4 rings (SSSR count). The fourth-order valence-electron chi connectivity index (χ4n) is 2.87. The molecule has 1 aromatic heterocycles. The minimum atomic E-state index is -3.10. The van der Waals surface area contributed by atoms with Gasteiger partial charge in [-0.1, -0.05) is 5.16 Å². The third-order valence-corrected chi connectivity index (χ3v) is 6.88. The Balaban J connectivity index is 1.32. The van der Waals surface area contributed by atoms with Gasteiger partial charge in [0.15, 0.2) is 5.82 Å². The van der Waals surface area contributed by atoms with Gasteiger partial charge in [-0.05, 0) is 38.5 Å². The van der Waals surface area contributed by atoms with Crippen LogP contribution in [0.3, 0.4) is 0 Å². The van der Waals surface area contributed by atoms with E-state index in [2.05, 4.69) is 10.1 Å². The molecule has 122 valence electrons. The van der Waals surface area contributed by atoms with Crippen LogP contribution in [0.25, 0.3) is 0 Å². The maximum atomic E-state index is 12.3. The largest absolute Gasteiger partial charge is 0.367 e. The van der Waals surface area contributed by atoms with Crippen LogP contribution in [0, 0.1) is 0 Å². The van der Waals surface area contributed by atoms with E-state index < -0.39 is 10.0 Å². The lowest BCUT2D eigenvalue weighted by Crippen LogP contribution is -2.44. The predicted octanol–water partition coefficient (Wildman–Crippen LogP) is 1.42. The van der Waals surface area contributed by atoms with E-state index in [0.717, 1.165) is 44.3 Å². The Labute approximate surface area is 130 Å². The maximum absolute atomic E-state index is 12.3. The molecule has 8 heteroatoms. The molecule has 3 aliphatic rings. The fourth-order valence-corrected chi connectivity index (χ4v) is 4.78. The highest BCUT2D eigenvalue weighted by Gasteiger charge is 2.41. The van der Waals surface area contributed by atoms with Crippen molar-refractivity contribution in [3.63, 3.8) is 0 Å². The molecule has 0 radical (unpaired) electrons. The molecule has 0 bridgehead atoms. The van der Waals surface area contributed by atoms with Gasteiger partial charge in [-0.15, -0.1) is 0 Å². The third-order valence-electron chi connectivity index (χ3n) is 4.52. The maximum Gasteiger partial charge on any atom is 0.252 e. The number of nitrogens with zero attached hydrogens (tertiary/aromatic N) is 3. The molecule has 0 unspecified atom stereocenters. The number of hydrogen-bond acceptors (Lipinski definition) is 6. The van der Waals surface area contributed by atoms with Crippen molar-refractivity contribution >= 4 is 10.0 Å². The summed E-state index contributed by atoms with van der Waals surface area (Å²) in [6.07, 6.45) is 5.51. The van der Waals surface area contributed by atoms with Gasteiger partial charge in [-0.2, -0.15) is 9.29 Å².